The lowest BCUT2D eigenvalue weighted by atomic mass is 10.2. The maximum absolute atomic E-state index is 13.4. The minimum absolute atomic E-state index is 0.0170. The second kappa shape index (κ2) is 5.56. The number of aromatic hydroxyl groups is 1. The molecule has 0 spiro atoms. The molecule has 0 atom stereocenters. The van der Waals surface area contributed by atoms with Crippen LogP contribution in [0.1, 0.15) is 5.56 Å². The Labute approximate surface area is 109 Å². The summed E-state index contributed by atoms with van der Waals surface area (Å²) in [5.74, 6) is -0.965. The number of halogens is 2. The third-order valence-corrected chi connectivity index (χ3v) is 2.68. The third kappa shape index (κ3) is 2.93. The fraction of sp³-hybridized carbons (Fsp3) is 0.143. The van der Waals surface area contributed by atoms with Gasteiger partial charge in [-0.25, -0.2) is 8.78 Å². The summed E-state index contributed by atoms with van der Waals surface area (Å²) in [6.45, 7) is 0.217. The SMILES string of the molecule is COc1cc(CNc2c(F)cccc2F)ccc1O. The molecule has 19 heavy (non-hydrogen) atoms. The van der Waals surface area contributed by atoms with Gasteiger partial charge in [0.1, 0.15) is 17.3 Å². The minimum Gasteiger partial charge on any atom is -0.504 e. The van der Waals surface area contributed by atoms with Gasteiger partial charge in [0.2, 0.25) is 0 Å². The van der Waals surface area contributed by atoms with E-state index in [2.05, 4.69) is 5.32 Å². The first kappa shape index (κ1) is 13.1. The van der Waals surface area contributed by atoms with Gasteiger partial charge in [0.25, 0.3) is 0 Å². The van der Waals surface area contributed by atoms with Gasteiger partial charge >= 0.3 is 0 Å². The lowest BCUT2D eigenvalue weighted by Gasteiger charge is -2.10. The molecule has 0 aliphatic heterocycles. The van der Waals surface area contributed by atoms with Gasteiger partial charge in [-0.1, -0.05) is 12.1 Å². The number of phenolic OH excluding ortho intramolecular Hbond substituents is 1. The number of phenols is 1. The number of hydrogen-bond acceptors (Lipinski definition) is 3. The largest absolute Gasteiger partial charge is 0.504 e. The molecule has 0 saturated heterocycles. The van der Waals surface area contributed by atoms with Crippen LogP contribution in [0.25, 0.3) is 0 Å². The van der Waals surface area contributed by atoms with E-state index in [4.69, 9.17) is 4.74 Å². The molecule has 0 unspecified atom stereocenters. The van der Waals surface area contributed by atoms with E-state index in [9.17, 15) is 13.9 Å². The van der Waals surface area contributed by atoms with Crippen LogP contribution < -0.4 is 10.1 Å². The highest BCUT2D eigenvalue weighted by Gasteiger charge is 2.08. The van der Waals surface area contributed by atoms with Crippen LogP contribution in [-0.4, -0.2) is 12.2 Å². The molecule has 5 heteroatoms. The summed E-state index contributed by atoms with van der Waals surface area (Å²) in [4.78, 5) is 0. The van der Waals surface area contributed by atoms with Crippen molar-refractivity contribution in [3.63, 3.8) is 0 Å². The fourth-order valence-electron chi connectivity index (χ4n) is 1.69. The molecule has 2 aromatic carbocycles. The molecule has 2 N–H and O–H groups in total. The molecule has 100 valence electrons. The third-order valence-electron chi connectivity index (χ3n) is 2.68. The van der Waals surface area contributed by atoms with Gasteiger partial charge in [-0.2, -0.15) is 0 Å². The summed E-state index contributed by atoms with van der Waals surface area (Å²) in [7, 11) is 1.43. The van der Waals surface area contributed by atoms with Crippen LogP contribution in [0.2, 0.25) is 0 Å². The predicted molar refractivity (Wildman–Crippen MR) is 68.3 cm³/mol. The van der Waals surface area contributed by atoms with Crippen molar-refractivity contribution in [1.82, 2.24) is 0 Å². The van der Waals surface area contributed by atoms with Gasteiger partial charge in [-0.3, -0.25) is 0 Å². The minimum atomic E-state index is -0.647. The van der Waals surface area contributed by atoms with Crippen LogP contribution in [0.4, 0.5) is 14.5 Å². The smallest absolute Gasteiger partial charge is 0.160 e. The van der Waals surface area contributed by atoms with E-state index in [1.165, 1.54) is 31.4 Å². The standard InChI is InChI=1S/C14H13F2NO2/c1-19-13-7-9(5-6-12(13)18)8-17-14-10(15)3-2-4-11(14)16/h2-7,17-18H,8H2,1H3. The molecule has 0 aliphatic rings. The number of para-hydroxylation sites is 1. The van der Waals surface area contributed by atoms with Gasteiger partial charge in [0.15, 0.2) is 11.5 Å². The Morgan fingerprint density at radius 1 is 1.16 bits per heavy atom. The van der Waals surface area contributed by atoms with E-state index in [1.807, 2.05) is 0 Å². The summed E-state index contributed by atoms with van der Waals surface area (Å²) >= 11 is 0. The molecule has 0 bridgehead atoms. The highest BCUT2D eigenvalue weighted by molar-refractivity contribution is 5.48. The van der Waals surface area contributed by atoms with Crippen molar-refractivity contribution >= 4 is 5.69 Å². The first-order valence-corrected chi connectivity index (χ1v) is 5.65. The molecule has 0 saturated carbocycles. The molecule has 2 rings (SSSR count). The Hall–Kier alpha value is -2.30. The average molecular weight is 265 g/mol. The second-order valence-electron chi connectivity index (χ2n) is 3.96. The van der Waals surface area contributed by atoms with Crippen molar-refractivity contribution in [2.24, 2.45) is 0 Å². The Bertz CT molecular complexity index is 567. The molecule has 0 aromatic heterocycles. The zero-order valence-electron chi connectivity index (χ0n) is 10.3. The Balaban J connectivity index is 2.15. The zero-order valence-corrected chi connectivity index (χ0v) is 10.3. The van der Waals surface area contributed by atoms with Crippen LogP contribution in [0, 0.1) is 11.6 Å². The number of benzene rings is 2. The van der Waals surface area contributed by atoms with Gasteiger partial charge in [0.05, 0.1) is 7.11 Å². The van der Waals surface area contributed by atoms with Crippen LogP contribution >= 0.6 is 0 Å². The van der Waals surface area contributed by atoms with Crippen molar-refractivity contribution in [2.75, 3.05) is 12.4 Å². The predicted octanol–water partition coefficient (Wildman–Crippen LogP) is 3.29. The quantitative estimate of drug-likeness (QED) is 0.891. The summed E-state index contributed by atoms with van der Waals surface area (Å²) in [6.07, 6.45) is 0. The van der Waals surface area contributed by atoms with Crippen molar-refractivity contribution in [3.8, 4) is 11.5 Å². The molecule has 0 radical (unpaired) electrons. The van der Waals surface area contributed by atoms with Crippen LogP contribution in [0.5, 0.6) is 11.5 Å². The van der Waals surface area contributed by atoms with Crippen LogP contribution in [0.15, 0.2) is 36.4 Å². The fourth-order valence-corrected chi connectivity index (χ4v) is 1.69. The van der Waals surface area contributed by atoms with Gasteiger partial charge in [-0.15, -0.1) is 0 Å². The maximum atomic E-state index is 13.4. The molecular weight excluding hydrogens is 252 g/mol. The number of ether oxygens (including phenoxy) is 1. The van der Waals surface area contributed by atoms with Crippen LogP contribution in [-0.2, 0) is 6.54 Å². The van der Waals surface area contributed by atoms with Gasteiger partial charge in [0, 0.05) is 6.54 Å². The van der Waals surface area contributed by atoms with E-state index in [-0.39, 0.29) is 18.0 Å². The number of rotatable bonds is 4. The van der Waals surface area contributed by atoms with Crippen LogP contribution in [0.3, 0.4) is 0 Å². The van der Waals surface area contributed by atoms with E-state index in [0.29, 0.717) is 5.75 Å². The van der Waals surface area contributed by atoms with E-state index in [0.717, 1.165) is 5.56 Å². The number of methoxy groups -OCH3 is 1. The highest BCUT2D eigenvalue weighted by Crippen LogP contribution is 2.27. The second-order valence-corrected chi connectivity index (χ2v) is 3.96. The van der Waals surface area contributed by atoms with Gasteiger partial charge < -0.3 is 15.2 Å². The Morgan fingerprint density at radius 3 is 2.47 bits per heavy atom. The van der Waals surface area contributed by atoms with E-state index < -0.39 is 11.6 Å². The highest BCUT2D eigenvalue weighted by atomic mass is 19.1. The monoisotopic (exact) mass is 265 g/mol. The van der Waals surface area contributed by atoms with Crippen molar-refractivity contribution in [1.29, 1.82) is 0 Å². The van der Waals surface area contributed by atoms with Crippen molar-refractivity contribution in [2.45, 2.75) is 6.54 Å². The number of anilines is 1. The lowest BCUT2D eigenvalue weighted by Crippen LogP contribution is -2.03. The summed E-state index contributed by atoms with van der Waals surface area (Å²) in [5, 5.41) is 12.1. The maximum Gasteiger partial charge on any atom is 0.160 e. The topological polar surface area (TPSA) is 41.5 Å². The molecule has 0 fully saturated rings. The summed E-state index contributed by atoms with van der Waals surface area (Å²) in [6, 6.07) is 8.38. The van der Waals surface area contributed by atoms with E-state index in [1.54, 1.807) is 12.1 Å². The zero-order chi connectivity index (χ0) is 13.8. The molecule has 0 aliphatic carbocycles. The Kier molecular flexibility index (Phi) is 3.85. The summed E-state index contributed by atoms with van der Waals surface area (Å²) < 4.78 is 31.8. The molecular formula is C14H13F2NO2. The number of nitrogens with one attached hydrogen (secondary N) is 1. The molecule has 2 aromatic rings. The van der Waals surface area contributed by atoms with Crippen molar-refractivity contribution in [3.05, 3.63) is 53.6 Å². The normalized spacial score (nSPS) is 10.3. The summed E-state index contributed by atoms with van der Waals surface area (Å²) in [5.41, 5.74) is 0.562. The molecule has 0 amide bonds. The number of hydrogen-bond donors (Lipinski definition) is 2. The molecule has 3 nitrogen and oxygen atoms in total. The Morgan fingerprint density at radius 2 is 1.84 bits per heavy atom. The lowest BCUT2D eigenvalue weighted by molar-refractivity contribution is 0.373. The van der Waals surface area contributed by atoms with Crippen molar-refractivity contribution < 1.29 is 18.6 Å². The van der Waals surface area contributed by atoms with Gasteiger partial charge in [-0.05, 0) is 29.8 Å². The average Bonchev–Trinajstić information content (AvgIpc) is 2.40. The molecule has 0 heterocycles. The first-order valence-electron chi connectivity index (χ1n) is 5.65. The first-order chi connectivity index (χ1) is 9.11. The van der Waals surface area contributed by atoms with E-state index >= 15 is 0 Å².